The molecule has 1 aliphatic rings. The van der Waals surface area contributed by atoms with Crippen molar-refractivity contribution in [3.05, 3.63) is 58.1 Å². The third kappa shape index (κ3) is 4.33. The minimum Gasteiger partial charge on any atom is -0.486 e. The van der Waals surface area contributed by atoms with Crippen LogP contribution in [0, 0.1) is 0 Å². The lowest BCUT2D eigenvalue weighted by molar-refractivity contribution is 0.0943. The lowest BCUT2D eigenvalue weighted by atomic mass is 10.2. The smallest absolute Gasteiger partial charge is 0.215 e. The van der Waals surface area contributed by atoms with Gasteiger partial charge in [0.25, 0.3) is 0 Å². The summed E-state index contributed by atoms with van der Waals surface area (Å²) in [7, 11) is -3.53. The minimum absolute atomic E-state index is 0.123. The van der Waals surface area contributed by atoms with Crippen molar-refractivity contribution >= 4 is 33.2 Å². The van der Waals surface area contributed by atoms with Gasteiger partial charge in [-0.15, -0.1) is 0 Å². The summed E-state index contributed by atoms with van der Waals surface area (Å²) < 4.78 is 38.2. The maximum absolute atomic E-state index is 12.2. The first kappa shape index (κ1) is 17.4. The van der Waals surface area contributed by atoms with E-state index in [9.17, 15) is 8.42 Å². The number of benzene rings is 2. The van der Waals surface area contributed by atoms with Crippen LogP contribution in [0.1, 0.15) is 5.56 Å². The summed E-state index contributed by atoms with van der Waals surface area (Å²) in [6.07, 6.45) is -0.386. The van der Waals surface area contributed by atoms with Gasteiger partial charge in [-0.3, -0.25) is 0 Å². The molecule has 0 aromatic heterocycles. The Morgan fingerprint density at radius 2 is 1.83 bits per heavy atom. The number of para-hydroxylation sites is 2. The summed E-state index contributed by atoms with van der Waals surface area (Å²) in [4.78, 5) is 0. The fraction of sp³-hybridized carbons (Fsp3) is 0.250. The van der Waals surface area contributed by atoms with Gasteiger partial charge in [0.15, 0.2) is 11.5 Å². The van der Waals surface area contributed by atoms with Crippen LogP contribution in [0.2, 0.25) is 10.0 Å². The standard InChI is InChI=1S/C16H15Cl2NO4S/c17-13-6-5-11(7-14(13)18)10-24(20,21)19-8-12-9-22-15-3-1-2-4-16(15)23-12/h1-7,12,19H,8-10H2. The highest BCUT2D eigenvalue weighted by Crippen LogP contribution is 2.30. The first-order valence-corrected chi connectivity index (χ1v) is 9.63. The third-order valence-electron chi connectivity index (χ3n) is 3.44. The van der Waals surface area contributed by atoms with Gasteiger partial charge in [-0.2, -0.15) is 0 Å². The molecule has 128 valence electrons. The number of ether oxygens (including phenoxy) is 2. The van der Waals surface area contributed by atoms with Gasteiger partial charge >= 0.3 is 0 Å². The summed E-state index contributed by atoms with van der Waals surface area (Å²) >= 11 is 11.7. The van der Waals surface area contributed by atoms with E-state index in [1.54, 1.807) is 30.3 Å². The van der Waals surface area contributed by atoms with Crippen LogP contribution in [0.3, 0.4) is 0 Å². The second kappa shape index (κ2) is 7.19. The average Bonchev–Trinajstić information content (AvgIpc) is 2.56. The van der Waals surface area contributed by atoms with Crippen molar-refractivity contribution in [3.8, 4) is 11.5 Å². The maximum atomic E-state index is 12.2. The molecule has 1 atom stereocenters. The van der Waals surface area contributed by atoms with Gasteiger partial charge in [-0.25, -0.2) is 13.1 Å². The molecule has 1 unspecified atom stereocenters. The maximum Gasteiger partial charge on any atom is 0.215 e. The van der Waals surface area contributed by atoms with Crippen LogP contribution in [0.5, 0.6) is 11.5 Å². The molecule has 8 heteroatoms. The van der Waals surface area contributed by atoms with E-state index in [4.69, 9.17) is 32.7 Å². The first-order valence-electron chi connectivity index (χ1n) is 7.23. The monoisotopic (exact) mass is 387 g/mol. The number of halogens is 2. The van der Waals surface area contributed by atoms with Crippen LogP contribution in [-0.2, 0) is 15.8 Å². The van der Waals surface area contributed by atoms with Crippen molar-refractivity contribution < 1.29 is 17.9 Å². The van der Waals surface area contributed by atoms with Gasteiger partial charge < -0.3 is 9.47 Å². The Morgan fingerprint density at radius 1 is 1.08 bits per heavy atom. The van der Waals surface area contributed by atoms with E-state index < -0.39 is 10.0 Å². The zero-order valence-electron chi connectivity index (χ0n) is 12.5. The van der Waals surface area contributed by atoms with Crippen molar-refractivity contribution in [1.82, 2.24) is 4.72 Å². The Morgan fingerprint density at radius 3 is 2.58 bits per heavy atom. The van der Waals surface area contributed by atoms with E-state index in [2.05, 4.69) is 4.72 Å². The molecule has 2 aromatic rings. The molecule has 3 rings (SSSR count). The SMILES string of the molecule is O=S(=O)(Cc1ccc(Cl)c(Cl)c1)NCC1COc2ccccc2O1. The van der Waals surface area contributed by atoms with E-state index >= 15 is 0 Å². The van der Waals surface area contributed by atoms with Gasteiger partial charge in [-0.05, 0) is 29.8 Å². The third-order valence-corrected chi connectivity index (χ3v) is 5.50. The van der Waals surface area contributed by atoms with Crippen LogP contribution in [0.15, 0.2) is 42.5 Å². The second-order valence-corrected chi connectivity index (χ2v) is 7.97. The van der Waals surface area contributed by atoms with Crippen molar-refractivity contribution in [1.29, 1.82) is 0 Å². The molecule has 0 saturated carbocycles. The molecule has 0 saturated heterocycles. The van der Waals surface area contributed by atoms with Crippen molar-refractivity contribution in [2.45, 2.75) is 11.9 Å². The van der Waals surface area contributed by atoms with Crippen molar-refractivity contribution in [3.63, 3.8) is 0 Å². The molecule has 0 aliphatic carbocycles. The molecule has 0 fully saturated rings. The number of rotatable bonds is 5. The number of hydrogen-bond acceptors (Lipinski definition) is 4. The Balaban J connectivity index is 1.58. The lowest BCUT2D eigenvalue weighted by Gasteiger charge is -2.26. The van der Waals surface area contributed by atoms with E-state index in [1.165, 1.54) is 0 Å². The number of nitrogens with one attached hydrogen (secondary N) is 1. The van der Waals surface area contributed by atoms with Gasteiger partial charge in [0.2, 0.25) is 10.0 Å². The molecule has 0 radical (unpaired) electrons. The highest BCUT2D eigenvalue weighted by atomic mass is 35.5. The quantitative estimate of drug-likeness (QED) is 0.854. The predicted octanol–water partition coefficient (Wildman–Crippen LogP) is 3.25. The molecule has 0 amide bonds. The average molecular weight is 388 g/mol. The van der Waals surface area contributed by atoms with Crippen LogP contribution in [-0.4, -0.2) is 27.7 Å². The Bertz CT molecular complexity index is 842. The van der Waals surface area contributed by atoms with Gasteiger partial charge in [0.05, 0.1) is 22.3 Å². The Labute approximate surface area is 150 Å². The lowest BCUT2D eigenvalue weighted by Crippen LogP contribution is -2.41. The predicted molar refractivity (Wildman–Crippen MR) is 93.4 cm³/mol. The van der Waals surface area contributed by atoms with E-state index in [-0.39, 0.29) is 25.0 Å². The summed E-state index contributed by atoms with van der Waals surface area (Å²) in [6, 6.07) is 12.0. The van der Waals surface area contributed by atoms with E-state index in [0.717, 1.165) is 0 Å². The Hall–Kier alpha value is -1.47. The molecule has 5 nitrogen and oxygen atoms in total. The fourth-order valence-electron chi connectivity index (χ4n) is 2.28. The minimum atomic E-state index is -3.53. The molecule has 1 heterocycles. The molecular formula is C16H15Cl2NO4S. The molecule has 1 N–H and O–H groups in total. The van der Waals surface area contributed by atoms with Crippen LogP contribution in [0.25, 0.3) is 0 Å². The Kier molecular flexibility index (Phi) is 5.20. The topological polar surface area (TPSA) is 64.6 Å². The molecule has 0 bridgehead atoms. The van der Waals surface area contributed by atoms with Gasteiger partial charge in [0.1, 0.15) is 12.7 Å². The van der Waals surface area contributed by atoms with Gasteiger partial charge in [0, 0.05) is 0 Å². The summed E-state index contributed by atoms with van der Waals surface area (Å²) in [5, 5.41) is 0.710. The zero-order valence-corrected chi connectivity index (χ0v) is 14.9. The second-order valence-electron chi connectivity index (χ2n) is 5.35. The summed E-state index contributed by atoms with van der Waals surface area (Å²) in [5.74, 6) is 1.08. The van der Waals surface area contributed by atoms with Crippen LogP contribution in [0.4, 0.5) is 0 Å². The number of fused-ring (bicyclic) bond motifs is 1. The molecule has 1 aliphatic heterocycles. The normalized spacial score (nSPS) is 16.8. The van der Waals surface area contributed by atoms with E-state index in [0.29, 0.717) is 27.1 Å². The zero-order chi connectivity index (χ0) is 17.2. The first-order chi connectivity index (χ1) is 11.4. The van der Waals surface area contributed by atoms with Crippen LogP contribution >= 0.6 is 23.2 Å². The summed E-state index contributed by atoms with van der Waals surface area (Å²) in [5.41, 5.74) is 0.558. The number of hydrogen-bond donors (Lipinski definition) is 1. The highest BCUT2D eigenvalue weighted by molar-refractivity contribution is 7.88. The van der Waals surface area contributed by atoms with Crippen molar-refractivity contribution in [2.75, 3.05) is 13.2 Å². The van der Waals surface area contributed by atoms with E-state index in [1.807, 2.05) is 12.1 Å². The van der Waals surface area contributed by atoms with Crippen LogP contribution < -0.4 is 14.2 Å². The molecular weight excluding hydrogens is 373 g/mol. The molecule has 24 heavy (non-hydrogen) atoms. The molecule has 0 spiro atoms. The number of sulfonamides is 1. The van der Waals surface area contributed by atoms with Gasteiger partial charge in [-0.1, -0.05) is 41.4 Å². The largest absolute Gasteiger partial charge is 0.486 e. The molecule has 2 aromatic carbocycles. The fourth-order valence-corrected chi connectivity index (χ4v) is 3.76. The summed E-state index contributed by atoms with van der Waals surface area (Å²) in [6.45, 7) is 0.407. The van der Waals surface area contributed by atoms with Crippen molar-refractivity contribution in [2.24, 2.45) is 0 Å². The highest BCUT2D eigenvalue weighted by Gasteiger charge is 2.22.